The number of nitrogens with zero attached hydrogens (tertiary/aromatic N) is 3. The fourth-order valence-corrected chi connectivity index (χ4v) is 3.25. The van der Waals surface area contributed by atoms with Gasteiger partial charge in [-0.1, -0.05) is 18.2 Å². The summed E-state index contributed by atoms with van der Waals surface area (Å²) in [7, 11) is 3.93. The maximum Gasteiger partial charge on any atom is 0.309 e. The minimum Gasteiger partial charge on any atom is -0.466 e. The lowest BCUT2D eigenvalue weighted by molar-refractivity contribution is -0.149. The highest BCUT2D eigenvalue weighted by Crippen LogP contribution is 2.18. The van der Waals surface area contributed by atoms with Crippen LogP contribution >= 0.6 is 0 Å². The van der Waals surface area contributed by atoms with E-state index >= 15 is 0 Å². The number of nitrogens with one attached hydrogen (secondary N) is 1. The summed E-state index contributed by atoms with van der Waals surface area (Å²) in [6.45, 7) is 5.86. The van der Waals surface area contributed by atoms with Crippen molar-refractivity contribution >= 4 is 17.6 Å². The molecule has 0 unspecified atom stereocenters. The number of hydrogen-bond acceptors (Lipinski definition) is 4. The number of likely N-dealkylation sites (tertiary alicyclic amines) is 1. The lowest BCUT2D eigenvalue weighted by Crippen LogP contribution is -2.47. The first kappa shape index (κ1) is 20.1. The van der Waals surface area contributed by atoms with Crippen LogP contribution in [0.4, 0.5) is 5.69 Å². The van der Waals surface area contributed by atoms with Crippen molar-refractivity contribution in [2.24, 2.45) is 10.9 Å². The van der Waals surface area contributed by atoms with Crippen LogP contribution in [0.5, 0.6) is 0 Å². The summed E-state index contributed by atoms with van der Waals surface area (Å²) in [5.74, 6) is 0.901. The van der Waals surface area contributed by atoms with Gasteiger partial charge in [0.15, 0.2) is 5.96 Å². The Kier molecular flexibility index (Phi) is 8.25. The molecule has 1 aromatic carbocycles. The zero-order valence-electron chi connectivity index (χ0n) is 16.3. The van der Waals surface area contributed by atoms with Crippen molar-refractivity contribution in [3.63, 3.8) is 0 Å². The molecule has 0 amide bonds. The normalized spacial score (nSPS) is 15.7. The van der Waals surface area contributed by atoms with E-state index in [1.54, 1.807) is 0 Å². The lowest BCUT2D eigenvalue weighted by atomic mass is 9.97. The van der Waals surface area contributed by atoms with Crippen molar-refractivity contribution in [3.8, 4) is 0 Å². The second kappa shape index (κ2) is 10.7. The molecule has 2 rings (SSSR count). The average molecular weight is 361 g/mol. The molecular formula is C20H32N4O2. The quantitative estimate of drug-likeness (QED) is 0.350. The monoisotopic (exact) mass is 360 g/mol. The number of hydrogen-bond donors (Lipinski definition) is 1. The predicted octanol–water partition coefficient (Wildman–Crippen LogP) is 2.36. The molecule has 1 aromatic rings. The van der Waals surface area contributed by atoms with Gasteiger partial charge in [-0.3, -0.25) is 9.79 Å². The number of rotatable bonds is 7. The number of anilines is 1. The molecule has 1 N–H and O–H groups in total. The summed E-state index contributed by atoms with van der Waals surface area (Å²) in [5, 5.41) is 3.45. The van der Waals surface area contributed by atoms with Crippen LogP contribution in [0.3, 0.4) is 0 Å². The fourth-order valence-electron chi connectivity index (χ4n) is 3.25. The summed E-state index contributed by atoms with van der Waals surface area (Å²) >= 11 is 0. The molecule has 0 atom stereocenters. The van der Waals surface area contributed by atoms with Crippen LogP contribution in [-0.2, 0) is 9.53 Å². The Morgan fingerprint density at radius 1 is 1.31 bits per heavy atom. The molecule has 0 radical (unpaired) electrons. The molecule has 6 nitrogen and oxygen atoms in total. The van der Waals surface area contributed by atoms with Gasteiger partial charge >= 0.3 is 5.97 Å². The second-order valence-corrected chi connectivity index (χ2v) is 6.60. The van der Waals surface area contributed by atoms with Gasteiger partial charge in [0.25, 0.3) is 0 Å². The van der Waals surface area contributed by atoms with E-state index in [1.165, 1.54) is 5.69 Å². The van der Waals surface area contributed by atoms with Gasteiger partial charge in [-0.2, -0.15) is 0 Å². The molecule has 1 fully saturated rings. The molecule has 144 valence electrons. The molecule has 0 bridgehead atoms. The first-order chi connectivity index (χ1) is 12.7. The summed E-state index contributed by atoms with van der Waals surface area (Å²) in [4.78, 5) is 20.7. The zero-order chi connectivity index (χ0) is 18.8. The highest BCUT2D eigenvalue weighted by molar-refractivity contribution is 5.80. The zero-order valence-corrected chi connectivity index (χ0v) is 16.3. The molecule has 0 spiro atoms. The number of carbonyl (C=O) groups excluding carboxylic acids is 1. The van der Waals surface area contributed by atoms with Crippen LogP contribution < -0.4 is 10.2 Å². The van der Waals surface area contributed by atoms with Crippen LogP contribution in [0.25, 0.3) is 0 Å². The standard InChI is InChI=1S/C20H32N4O2/c1-4-26-19(25)17-11-15-24(16-12-17)20(21-2)22-13-8-14-23(3)18-9-6-5-7-10-18/h5-7,9-10,17H,4,8,11-16H2,1-3H3,(H,21,22). The Morgan fingerprint density at radius 2 is 2.00 bits per heavy atom. The summed E-state index contributed by atoms with van der Waals surface area (Å²) < 4.78 is 5.13. The van der Waals surface area contributed by atoms with Crippen molar-refractivity contribution in [2.75, 3.05) is 51.8 Å². The van der Waals surface area contributed by atoms with E-state index < -0.39 is 0 Å². The van der Waals surface area contributed by atoms with E-state index in [1.807, 2.05) is 20.0 Å². The Bertz CT molecular complexity index is 568. The number of carbonyl (C=O) groups is 1. The van der Waals surface area contributed by atoms with Crippen molar-refractivity contribution < 1.29 is 9.53 Å². The number of esters is 1. The van der Waals surface area contributed by atoms with Gasteiger partial charge in [0, 0.05) is 46.0 Å². The average Bonchev–Trinajstić information content (AvgIpc) is 2.69. The summed E-state index contributed by atoms with van der Waals surface area (Å²) in [5.41, 5.74) is 1.23. The van der Waals surface area contributed by atoms with Gasteiger partial charge < -0.3 is 19.9 Å². The first-order valence-electron chi connectivity index (χ1n) is 9.54. The number of para-hydroxylation sites is 1. The molecule has 26 heavy (non-hydrogen) atoms. The lowest BCUT2D eigenvalue weighted by Gasteiger charge is -2.33. The van der Waals surface area contributed by atoms with Gasteiger partial charge in [-0.25, -0.2) is 0 Å². The van der Waals surface area contributed by atoms with E-state index in [9.17, 15) is 4.79 Å². The van der Waals surface area contributed by atoms with Crippen LogP contribution in [-0.4, -0.2) is 63.7 Å². The smallest absolute Gasteiger partial charge is 0.309 e. The maximum atomic E-state index is 11.8. The highest BCUT2D eigenvalue weighted by Gasteiger charge is 2.27. The van der Waals surface area contributed by atoms with E-state index in [0.717, 1.165) is 51.4 Å². The van der Waals surface area contributed by atoms with Gasteiger partial charge in [0.2, 0.25) is 0 Å². The summed E-state index contributed by atoms with van der Waals surface area (Å²) in [6.07, 6.45) is 2.69. The molecule has 1 aliphatic heterocycles. The van der Waals surface area contributed by atoms with Crippen LogP contribution in [0, 0.1) is 5.92 Å². The third kappa shape index (κ3) is 5.93. The predicted molar refractivity (Wildman–Crippen MR) is 107 cm³/mol. The van der Waals surface area contributed by atoms with Crippen LogP contribution in [0.15, 0.2) is 35.3 Å². The second-order valence-electron chi connectivity index (χ2n) is 6.60. The van der Waals surface area contributed by atoms with Crippen molar-refractivity contribution in [3.05, 3.63) is 30.3 Å². The molecule has 0 aromatic heterocycles. The first-order valence-corrected chi connectivity index (χ1v) is 9.54. The van der Waals surface area contributed by atoms with E-state index in [0.29, 0.717) is 6.61 Å². The molecule has 0 aliphatic carbocycles. The topological polar surface area (TPSA) is 57.2 Å². The third-order valence-corrected chi connectivity index (χ3v) is 4.78. The fraction of sp³-hybridized carbons (Fsp3) is 0.600. The van der Waals surface area contributed by atoms with Crippen molar-refractivity contribution in [2.45, 2.75) is 26.2 Å². The van der Waals surface area contributed by atoms with Crippen molar-refractivity contribution in [1.82, 2.24) is 10.2 Å². The van der Waals surface area contributed by atoms with E-state index in [2.05, 4.69) is 51.4 Å². The summed E-state index contributed by atoms with van der Waals surface area (Å²) in [6, 6.07) is 10.4. The van der Waals surface area contributed by atoms with E-state index in [-0.39, 0.29) is 11.9 Å². The van der Waals surface area contributed by atoms with Crippen LogP contribution in [0.1, 0.15) is 26.2 Å². The maximum absolute atomic E-state index is 11.8. The molecule has 1 aliphatic rings. The molecule has 6 heteroatoms. The van der Waals surface area contributed by atoms with Gasteiger partial charge in [0.1, 0.15) is 0 Å². The number of aliphatic imine (C=N–C) groups is 1. The Hall–Kier alpha value is -2.24. The third-order valence-electron chi connectivity index (χ3n) is 4.78. The Labute approximate surface area is 157 Å². The van der Waals surface area contributed by atoms with E-state index in [4.69, 9.17) is 4.74 Å². The molecule has 1 heterocycles. The number of ether oxygens (including phenoxy) is 1. The van der Waals surface area contributed by atoms with Gasteiger partial charge in [-0.05, 0) is 38.3 Å². The van der Waals surface area contributed by atoms with Gasteiger partial charge in [-0.15, -0.1) is 0 Å². The molecule has 1 saturated heterocycles. The van der Waals surface area contributed by atoms with Gasteiger partial charge in [0.05, 0.1) is 12.5 Å². The SMILES string of the molecule is CCOC(=O)C1CCN(C(=NC)NCCCN(C)c2ccccc2)CC1. The Balaban J connectivity index is 1.69. The minimum absolute atomic E-state index is 0.0313. The Morgan fingerprint density at radius 3 is 2.62 bits per heavy atom. The minimum atomic E-state index is -0.0564. The number of guanidine groups is 1. The molecular weight excluding hydrogens is 328 g/mol. The highest BCUT2D eigenvalue weighted by atomic mass is 16.5. The van der Waals surface area contributed by atoms with Crippen molar-refractivity contribution in [1.29, 1.82) is 0 Å². The van der Waals surface area contributed by atoms with Crippen LogP contribution in [0.2, 0.25) is 0 Å². The molecule has 0 saturated carbocycles. The number of benzene rings is 1. The number of piperidine rings is 1. The largest absolute Gasteiger partial charge is 0.466 e.